The number of cyclic esters (lactones) is 1. The molecule has 4 nitrogen and oxygen atoms in total. The number of nitrogens with zero attached hydrogens (tertiary/aromatic N) is 1. The van der Waals surface area contributed by atoms with Gasteiger partial charge in [-0.25, -0.2) is 9.78 Å². The van der Waals surface area contributed by atoms with Crippen LogP contribution in [0, 0.1) is 6.92 Å². The number of ether oxygens (including phenoxy) is 1. The number of aromatic nitrogens is 1. The van der Waals surface area contributed by atoms with Crippen molar-refractivity contribution in [1.82, 2.24) is 4.98 Å². The van der Waals surface area contributed by atoms with Crippen LogP contribution in [0.25, 0.3) is 0 Å². The van der Waals surface area contributed by atoms with Crippen molar-refractivity contribution < 1.29 is 9.53 Å². The molecule has 0 saturated carbocycles. The fourth-order valence-corrected chi connectivity index (χ4v) is 1.60. The van der Waals surface area contributed by atoms with Crippen LogP contribution < -0.4 is 5.32 Å². The number of anilines is 1. The van der Waals surface area contributed by atoms with Crippen molar-refractivity contribution in [2.45, 2.75) is 26.4 Å². The van der Waals surface area contributed by atoms with Gasteiger partial charge in [0, 0.05) is 18.3 Å². The lowest BCUT2D eigenvalue weighted by molar-refractivity contribution is -0.138. The van der Waals surface area contributed by atoms with Crippen LogP contribution in [0.3, 0.4) is 0 Å². The molecule has 0 spiro atoms. The van der Waals surface area contributed by atoms with Gasteiger partial charge in [0.05, 0.1) is 5.57 Å². The second-order valence-corrected chi connectivity index (χ2v) is 3.90. The lowest BCUT2D eigenvalue weighted by Crippen LogP contribution is -2.01. The van der Waals surface area contributed by atoms with Gasteiger partial charge in [-0.05, 0) is 26.0 Å². The maximum atomic E-state index is 11.3. The summed E-state index contributed by atoms with van der Waals surface area (Å²) in [5, 5.41) is 3.00. The quantitative estimate of drug-likeness (QED) is 0.609. The molecule has 0 bridgehead atoms. The number of pyridine rings is 1. The minimum atomic E-state index is -0.243. The van der Waals surface area contributed by atoms with Crippen molar-refractivity contribution in [2.75, 3.05) is 5.32 Å². The van der Waals surface area contributed by atoms with Crippen LogP contribution in [-0.2, 0) is 9.53 Å². The first-order chi connectivity index (χ1) is 7.65. The predicted octanol–water partition coefficient (Wildman–Crippen LogP) is 2.02. The monoisotopic (exact) mass is 218 g/mol. The molecule has 0 aromatic carbocycles. The summed E-state index contributed by atoms with van der Waals surface area (Å²) in [7, 11) is 0. The number of rotatable bonds is 2. The van der Waals surface area contributed by atoms with Gasteiger partial charge in [0.15, 0.2) is 0 Å². The van der Waals surface area contributed by atoms with Crippen molar-refractivity contribution in [3.05, 3.63) is 35.7 Å². The van der Waals surface area contributed by atoms with Crippen LogP contribution in [0.5, 0.6) is 0 Å². The molecule has 1 aromatic heterocycles. The average molecular weight is 218 g/mol. The lowest BCUT2D eigenvalue weighted by atomic mass is 10.2. The maximum Gasteiger partial charge on any atom is 0.335 e. The largest absolute Gasteiger partial charge is 0.459 e. The molecular weight excluding hydrogens is 204 g/mol. The number of nitrogens with one attached hydrogen (secondary N) is 1. The van der Waals surface area contributed by atoms with E-state index in [1.165, 1.54) is 0 Å². The van der Waals surface area contributed by atoms with Gasteiger partial charge in [-0.2, -0.15) is 0 Å². The Morgan fingerprint density at radius 2 is 2.38 bits per heavy atom. The second-order valence-electron chi connectivity index (χ2n) is 3.90. The minimum absolute atomic E-state index is 0.0222. The van der Waals surface area contributed by atoms with E-state index in [0.717, 1.165) is 11.5 Å². The summed E-state index contributed by atoms with van der Waals surface area (Å²) in [6.07, 6.45) is 2.30. The molecule has 1 aliphatic heterocycles. The van der Waals surface area contributed by atoms with Crippen LogP contribution in [0.1, 0.15) is 19.0 Å². The summed E-state index contributed by atoms with van der Waals surface area (Å²) in [5.41, 5.74) is 1.60. The first kappa shape index (κ1) is 10.7. The summed E-state index contributed by atoms with van der Waals surface area (Å²) in [5.74, 6) is 0.493. The molecule has 2 rings (SSSR count). The molecule has 1 aliphatic rings. The fraction of sp³-hybridized carbons (Fsp3) is 0.333. The van der Waals surface area contributed by atoms with E-state index >= 15 is 0 Å². The van der Waals surface area contributed by atoms with E-state index in [1.54, 1.807) is 6.20 Å². The number of esters is 1. The van der Waals surface area contributed by atoms with Gasteiger partial charge in [0.2, 0.25) is 0 Å². The summed E-state index contributed by atoms with van der Waals surface area (Å²) < 4.78 is 5.02. The zero-order chi connectivity index (χ0) is 11.5. The van der Waals surface area contributed by atoms with Gasteiger partial charge in [-0.3, -0.25) is 0 Å². The van der Waals surface area contributed by atoms with Gasteiger partial charge < -0.3 is 10.1 Å². The Kier molecular flexibility index (Phi) is 2.90. The van der Waals surface area contributed by atoms with E-state index in [4.69, 9.17) is 4.74 Å². The van der Waals surface area contributed by atoms with E-state index < -0.39 is 0 Å². The highest BCUT2D eigenvalue weighted by Gasteiger charge is 2.25. The second kappa shape index (κ2) is 4.35. The fourth-order valence-electron chi connectivity index (χ4n) is 1.60. The average Bonchev–Trinajstić information content (AvgIpc) is 2.54. The van der Waals surface area contributed by atoms with Gasteiger partial charge >= 0.3 is 5.97 Å². The Balaban J connectivity index is 2.06. The van der Waals surface area contributed by atoms with Crippen LogP contribution >= 0.6 is 0 Å². The number of aryl methyl sites for hydroxylation is 1. The Morgan fingerprint density at radius 3 is 3.00 bits per heavy atom. The van der Waals surface area contributed by atoms with E-state index in [1.807, 2.05) is 32.0 Å². The van der Waals surface area contributed by atoms with E-state index in [-0.39, 0.29) is 12.1 Å². The highest BCUT2D eigenvalue weighted by molar-refractivity contribution is 5.90. The SMILES string of the molecule is Cc1cccc(NC=C2CC(C)OC2=O)n1. The number of hydrogen-bond donors (Lipinski definition) is 1. The number of carbonyl (C=O) groups is 1. The predicted molar refractivity (Wildman–Crippen MR) is 60.9 cm³/mol. The molecule has 0 amide bonds. The van der Waals surface area contributed by atoms with E-state index in [9.17, 15) is 4.79 Å². The number of hydrogen-bond acceptors (Lipinski definition) is 4. The molecule has 4 heteroatoms. The smallest absolute Gasteiger partial charge is 0.335 e. The van der Waals surface area contributed by atoms with Crippen LogP contribution in [-0.4, -0.2) is 17.1 Å². The molecule has 1 atom stereocenters. The summed E-state index contributed by atoms with van der Waals surface area (Å²) >= 11 is 0. The third kappa shape index (κ3) is 2.39. The maximum absolute atomic E-state index is 11.3. The zero-order valence-corrected chi connectivity index (χ0v) is 9.36. The Hall–Kier alpha value is -1.84. The molecule has 16 heavy (non-hydrogen) atoms. The third-order valence-corrected chi connectivity index (χ3v) is 2.36. The first-order valence-corrected chi connectivity index (χ1v) is 5.25. The Morgan fingerprint density at radius 1 is 1.56 bits per heavy atom. The van der Waals surface area contributed by atoms with Gasteiger partial charge in [-0.1, -0.05) is 6.07 Å². The summed E-state index contributed by atoms with van der Waals surface area (Å²) in [6, 6.07) is 5.69. The normalized spacial score (nSPS) is 22.2. The number of carbonyl (C=O) groups excluding carboxylic acids is 1. The first-order valence-electron chi connectivity index (χ1n) is 5.25. The van der Waals surface area contributed by atoms with Gasteiger partial charge in [0.25, 0.3) is 0 Å². The zero-order valence-electron chi connectivity index (χ0n) is 9.36. The standard InChI is InChI=1S/C12H14N2O2/c1-8-4-3-5-11(14-8)13-7-10-6-9(2)16-12(10)15/h3-5,7,9H,6H2,1-2H3,(H,13,14). The molecule has 1 unspecified atom stereocenters. The van der Waals surface area contributed by atoms with Crippen molar-refractivity contribution in [2.24, 2.45) is 0 Å². The van der Waals surface area contributed by atoms with Crippen molar-refractivity contribution in [3.8, 4) is 0 Å². The molecular formula is C12H14N2O2. The Labute approximate surface area is 94.3 Å². The third-order valence-electron chi connectivity index (χ3n) is 2.36. The minimum Gasteiger partial charge on any atom is -0.459 e. The highest BCUT2D eigenvalue weighted by atomic mass is 16.5. The van der Waals surface area contributed by atoms with Crippen LogP contribution in [0.4, 0.5) is 5.82 Å². The molecule has 1 fully saturated rings. The molecule has 84 valence electrons. The van der Waals surface area contributed by atoms with E-state index in [2.05, 4.69) is 10.3 Å². The van der Waals surface area contributed by atoms with Crippen LogP contribution in [0.15, 0.2) is 30.0 Å². The molecule has 0 radical (unpaired) electrons. The molecule has 1 saturated heterocycles. The van der Waals surface area contributed by atoms with Crippen LogP contribution in [0.2, 0.25) is 0 Å². The molecule has 2 heterocycles. The van der Waals surface area contributed by atoms with Crippen molar-refractivity contribution in [1.29, 1.82) is 0 Å². The van der Waals surface area contributed by atoms with Crippen molar-refractivity contribution >= 4 is 11.8 Å². The Bertz CT molecular complexity index is 440. The molecule has 1 aromatic rings. The molecule has 1 N–H and O–H groups in total. The van der Waals surface area contributed by atoms with Gasteiger partial charge in [-0.15, -0.1) is 0 Å². The topological polar surface area (TPSA) is 51.2 Å². The van der Waals surface area contributed by atoms with Gasteiger partial charge in [0.1, 0.15) is 11.9 Å². The lowest BCUT2D eigenvalue weighted by Gasteiger charge is -2.00. The summed E-state index contributed by atoms with van der Waals surface area (Å²) in [6.45, 7) is 3.80. The highest BCUT2D eigenvalue weighted by Crippen LogP contribution is 2.19. The van der Waals surface area contributed by atoms with Crippen molar-refractivity contribution in [3.63, 3.8) is 0 Å². The van der Waals surface area contributed by atoms with E-state index in [0.29, 0.717) is 12.0 Å². The molecule has 0 aliphatic carbocycles. The summed E-state index contributed by atoms with van der Waals surface area (Å²) in [4.78, 5) is 15.6.